The second kappa shape index (κ2) is 6.81. The summed E-state index contributed by atoms with van der Waals surface area (Å²) in [5, 5.41) is 28.9. The number of hydrogen-bond donors (Lipinski definition) is 3. The molecule has 18 heavy (non-hydrogen) atoms. The van der Waals surface area contributed by atoms with Gasteiger partial charge in [0.15, 0.2) is 6.29 Å². The lowest BCUT2D eigenvalue weighted by atomic mass is 9.99. The molecule has 0 spiro atoms. The van der Waals surface area contributed by atoms with Crippen molar-refractivity contribution >= 4 is 5.97 Å². The van der Waals surface area contributed by atoms with Crippen molar-refractivity contribution in [1.29, 1.82) is 0 Å². The summed E-state index contributed by atoms with van der Waals surface area (Å²) in [4.78, 5) is 10.9. The minimum atomic E-state index is -1.43. The number of hydrogen-bond acceptors (Lipinski definition) is 7. The van der Waals surface area contributed by atoms with Crippen molar-refractivity contribution in [2.24, 2.45) is 0 Å². The van der Waals surface area contributed by atoms with E-state index in [1.807, 2.05) is 0 Å². The fourth-order valence-electron chi connectivity index (χ4n) is 1.58. The monoisotopic (exact) mass is 262 g/mol. The average Bonchev–Trinajstić information content (AvgIpc) is 2.37. The Balaban J connectivity index is 2.60. The van der Waals surface area contributed by atoms with Gasteiger partial charge < -0.3 is 29.5 Å². The molecule has 0 aromatic heterocycles. The van der Waals surface area contributed by atoms with E-state index in [2.05, 4.69) is 6.58 Å². The molecule has 104 valence electrons. The zero-order valence-electron chi connectivity index (χ0n) is 10.1. The minimum Gasteiger partial charge on any atom is -0.460 e. The highest BCUT2D eigenvalue weighted by atomic mass is 16.7. The first-order valence-corrected chi connectivity index (χ1v) is 5.61. The smallest absolute Gasteiger partial charge is 0.330 e. The van der Waals surface area contributed by atoms with Crippen LogP contribution in [0.4, 0.5) is 0 Å². The zero-order chi connectivity index (χ0) is 13.7. The van der Waals surface area contributed by atoms with Gasteiger partial charge in [-0.2, -0.15) is 0 Å². The SMILES string of the molecule is C=CC(=O)OC[C@H]1OC(OCC)[C@H](O)[C@@H](O)[C@H]1O. The molecule has 0 aromatic rings. The van der Waals surface area contributed by atoms with Crippen molar-refractivity contribution in [2.75, 3.05) is 13.2 Å². The highest BCUT2D eigenvalue weighted by molar-refractivity contribution is 5.81. The van der Waals surface area contributed by atoms with Crippen molar-refractivity contribution in [3.63, 3.8) is 0 Å². The molecule has 1 saturated heterocycles. The van der Waals surface area contributed by atoms with Gasteiger partial charge in [0.25, 0.3) is 0 Å². The standard InChI is InChI=1S/C11H18O7/c1-3-7(12)17-5-6-8(13)9(14)10(15)11(18-6)16-4-2/h3,6,8-11,13-15H,1,4-5H2,2H3/t6-,8+,9+,10-,11?/m1/s1. The molecule has 7 nitrogen and oxygen atoms in total. The third-order valence-corrected chi connectivity index (χ3v) is 2.56. The van der Waals surface area contributed by atoms with Crippen LogP contribution in [0.2, 0.25) is 0 Å². The number of aliphatic hydroxyl groups is 3. The van der Waals surface area contributed by atoms with Crippen LogP contribution in [0, 0.1) is 0 Å². The van der Waals surface area contributed by atoms with Gasteiger partial charge in [0.1, 0.15) is 31.0 Å². The summed E-state index contributed by atoms with van der Waals surface area (Å²) in [6, 6.07) is 0. The number of carbonyl (C=O) groups is 1. The Hall–Kier alpha value is -0.990. The highest BCUT2D eigenvalue weighted by Gasteiger charge is 2.44. The molecule has 1 heterocycles. The first-order valence-electron chi connectivity index (χ1n) is 5.61. The van der Waals surface area contributed by atoms with Gasteiger partial charge in [0.2, 0.25) is 0 Å². The van der Waals surface area contributed by atoms with Gasteiger partial charge in [-0.1, -0.05) is 6.58 Å². The second-order valence-electron chi connectivity index (χ2n) is 3.80. The molecular weight excluding hydrogens is 244 g/mol. The molecule has 0 bridgehead atoms. The van der Waals surface area contributed by atoms with Crippen LogP contribution in [0.25, 0.3) is 0 Å². The summed E-state index contributed by atoms with van der Waals surface area (Å²) >= 11 is 0. The predicted molar refractivity (Wildman–Crippen MR) is 59.5 cm³/mol. The number of esters is 1. The second-order valence-corrected chi connectivity index (χ2v) is 3.80. The molecule has 1 aliphatic heterocycles. The maximum Gasteiger partial charge on any atom is 0.330 e. The summed E-state index contributed by atoms with van der Waals surface area (Å²) in [5.41, 5.74) is 0. The first-order chi connectivity index (χ1) is 8.51. The van der Waals surface area contributed by atoms with E-state index in [1.165, 1.54) is 0 Å². The van der Waals surface area contributed by atoms with Crippen LogP contribution in [0.1, 0.15) is 6.92 Å². The molecule has 5 atom stereocenters. The lowest BCUT2D eigenvalue weighted by molar-refractivity contribution is -0.300. The van der Waals surface area contributed by atoms with Gasteiger partial charge in [-0.05, 0) is 6.92 Å². The molecule has 0 radical (unpaired) electrons. The number of ether oxygens (including phenoxy) is 3. The van der Waals surface area contributed by atoms with Crippen LogP contribution in [-0.4, -0.2) is 65.2 Å². The molecule has 0 saturated carbocycles. The Bertz CT molecular complexity index is 293. The molecular formula is C11H18O7. The van der Waals surface area contributed by atoms with Crippen LogP contribution in [0.3, 0.4) is 0 Å². The molecule has 1 fully saturated rings. The Morgan fingerprint density at radius 1 is 1.33 bits per heavy atom. The van der Waals surface area contributed by atoms with E-state index < -0.39 is 36.7 Å². The van der Waals surface area contributed by atoms with Crippen molar-refractivity contribution in [3.8, 4) is 0 Å². The van der Waals surface area contributed by atoms with E-state index in [4.69, 9.17) is 14.2 Å². The van der Waals surface area contributed by atoms with Crippen molar-refractivity contribution in [2.45, 2.75) is 37.6 Å². The van der Waals surface area contributed by atoms with Gasteiger partial charge >= 0.3 is 5.97 Å². The summed E-state index contributed by atoms with van der Waals surface area (Å²) in [6.45, 7) is 4.92. The molecule has 0 aliphatic carbocycles. The summed E-state index contributed by atoms with van der Waals surface area (Å²) in [6.07, 6.45) is -5.21. The largest absolute Gasteiger partial charge is 0.460 e. The van der Waals surface area contributed by atoms with Crippen LogP contribution < -0.4 is 0 Å². The van der Waals surface area contributed by atoms with Gasteiger partial charge in [-0.3, -0.25) is 0 Å². The lowest BCUT2D eigenvalue weighted by Gasteiger charge is -2.39. The molecule has 1 aliphatic rings. The Morgan fingerprint density at radius 3 is 2.56 bits per heavy atom. The van der Waals surface area contributed by atoms with E-state index in [9.17, 15) is 20.1 Å². The normalized spacial score (nSPS) is 36.1. The van der Waals surface area contributed by atoms with Gasteiger partial charge in [-0.25, -0.2) is 4.79 Å². The van der Waals surface area contributed by atoms with E-state index in [0.29, 0.717) is 0 Å². The van der Waals surface area contributed by atoms with Crippen LogP contribution >= 0.6 is 0 Å². The quantitative estimate of drug-likeness (QED) is 0.411. The van der Waals surface area contributed by atoms with Crippen LogP contribution in [0.5, 0.6) is 0 Å². The summed E-state index contributed by atoms with van der Waals surface area (Å²) < 4.78 is 15.0. The maximum atomic E-state index is 10.9. The number of carbonyl (C=O) groups excluding carboxylic acids is 1. The topological polar surface area (TPSA) is 105 Å². The van der Waals surface area contributed by atoms with E-state index in [0.717, 1.165) is 6.08 Å². The van der Waals surface area contributed by atoms with Crippen LogP contribution in [-0.2, 0) is 19.0 Å². The van der Waals surface area contributed by atoms with Crippen molar-refractivity contribution < 1.29 is 34.3 Å². The minimum absolute atomic E-state index is 0.265. The number of rotatable bonds is 5. The average molecular weight is 262 g/mol. The van der Waals surface area contributed by atoms with Gasteiger partial charge in [-0.15, -0.1) is 0 Å². The number of aliphatic hydroxyl groups excluding tert-OH is 3. The molecule has 1 rings (SSSR count). The Morgan fingerprint density at radius 2 is 2.00 bits per heavy atom. The molecule has 0 aromatic carbocycles. The summed E-state index contributed by atoms with van der Waals surface area (Å²) in [7, 11) is 0. The maximum absolute atomic E-state index is 10.9. The van der Waals surface area contributed by atoms with Gasteiger partial charge in [0, 0.05) is 12.7 Å². The first kappa shape index (κ1) is 15.1. The molecule has 0 amide bonds. The lowest BCUT2D eigenvalue weighted by Crippen LogP contribution is -2.59. The summed E-state index contributed by atoms with van der Waals surface area (Å²) in [5.74, 6) is -0.667. The van der Waals surface area contributed by atoms with Crippen molar-refractivity contribution in [1.82, 2.24) is 0 Å². The van der Waals surface area contributed by atoms with Gasteiger partial charge in [0.05, 0.1) is 0 Å². The molecule has 1 unspecified atom stereocenters. The zero-order valence-corrected chi connectivity index (χ0v) is 10.1. The molecule has 7 heteroatoms. The highest BCUT2D eigenvalue weighted by Crippen LogP contribution is 2.22. The predicted octanol–water partition coefficient (Wildman–Crippen LogP) is -1.44. The van der Waals surface area contributed by atoms with E-state index in [-0.39, 0.29) is 13.2 Å². The third kappa shape index (κ3) is 3.50. The van der Waals surface area contributed by atoms with E-state index >= 15 is 0 Å². The third-order valence-electron chi connectivity index (χ3n) is 2.56. The van der Waals surface area contributed by atoms with Crippen LogP contribution in [0.15, 0.2) is 12.7 Å². The molecule has 3 N–H and O–H groups in total. The Kier molecular flexibility index (Phi) is 5.70. The Labute approximate surface area is 105 Å². The van der Waals surface area contributed by atoms with E-state index in [1.54, 1.807) is 6.92 Å². The fraction of sp³-hybridized carbons (Fsp3) is 0.727. The van der Waals surface area contributed by atoms with Crippen molar-refractivity contribution in [3.05, 3.63) is 12.7 Å². The fourth-order valence-corrected chi connectivity index (χ4v) is 1.58.